The molecule has 0 aliphatic heterocycles. The van der Waals surface area contributed by atoms with Crippen LogP contribution in [0.25, 0.3) is 22.1 Å². The molecule has 180 valence electrons. The van der Waals surface area contributed by atoms with Crippen LogP contribution < -0.4 is 14.4 Å². The third kappa shape index (κ3) is 4.44. The molecule has 0 unspecified atom stereocenters. The molecular weight excluding hydrogens is 476 g/mol. The number of aromatic nitrogens is 6. The smallest absolute Gasteiger partial charge is 0.365 e. The molecule has 0 fully saturated rings. The van der Waals surface area contributed by atoms with Crippen LogP contribution in [0.1, 0.15) is 20.7 Å². The molecule has 0 aliphatic rings. The van der Waals surface area contributed by atoms with E-state index in [9.17, 15) is 9.59 Å². The van der Waals surface area contributed by atoms with E-state index in [1.54, 1.807) is 84.9 Å². The van der Waals surface area contributed by atoms with Crippen LogP contribution in [-0.4, -0.2) is 42.3 Å². The first kappa shape index (κ1) is 21.9. The van der Waals surface area contributed by atoms with Crippen molar-refractivity contribution in [3.8, 4) is 11.5 Å². The number of ether oxygens (including phenoxy) is 1. The largest absolute Gasteiger partial charge is 0.457 e. The molecule has 6 rings (SSSR count). The SMILES string of the molecule is O=C(On1nnc2ccccc21)c1ccc(Oc2ccc(C(=O)On3nnc4ccccc43)cc2)cc1. The van der Waals surface area contributed by atoms with Crippen LogP contribution in [0.15, 0.2) is 97.1 Å². The Hall–Kier alpha value is -5.58. The molecule has 0 saturated carbocycles. The van der Waals surface area contributed by atoms with Crippen molar-refractivity contribution < 1.29 is 24.0 Å². The predicted molar refractivity (Wildman–Crippen MR) is 130 cm³/mol. The molecule has 0 atom stereocenters. The van der Waals surface area contributed by atoms with Gasteiger partial charge in [-0.2, -0.15) is 0 Å². The molecule has 37 heavy (non-hydrogen) atoms. The maximum Gasteiger partial charge on any atom is 0.365 e. The number of hydrogen-bond donors (Lipinski definition) is 0. The van der Waals surface area contributed by atoms with Gasteiger partial charge in [-0.1, -0.05) is 34.0 Å². The molecule has 4 aromatic carbocycles. The zero-order valence-electron chi connectivity index (χ0n) is 19.0. The lowest BCUT2D eigenvalue weighted by Crippen LogP contribution is -2.21. The standard InChI is InChI=1S/C26H16N6O5/c33-25(36-31-23-7-3-1-5-21(23)27-29-31)17-9-13-19(14-10-17)35-20-15-11-18(12-16-20)26(34)37-32-24-8-4-2-6-22(24)28-30-32/h1-16H. The highest BCUT2D eigenvalue weighted by Gasteiger charge is 2.14. The van der Waals surface area contributed by atoms with E-state index in [2.05, 4.69) is 20.6 Å². The summed E-state index contributed by atoms with van der Waals surface area (Å²) in [5, 5.41) is 15.6. The third-order valence-corrected chi connectivity index (χ3v) is 5.40. The van der Waals surface area contributed by atoms with E-state index >= 15 is 0 Å². The highest BCUT2D eigenvalue weighted by Crippen LogP contribution is 2.22. The summed E-state index contributed by atoms with van der Waals surface area (Å²) in [6, 6.07) is 27.1. The molecular formula is C26H16N6O5. The Balaban J connectivity index is 1.09. The van der Waals surface area contributed by atoms with Gasteiger partial charge in [0.2, 0.25) is 0 Å². The number of carbonyl (C=O) groups excluding carboxylic acids is 2. The summed E-state index contributed by atoms with van der Waals surface area (Å²) in [7, 11) is 0. The van der Waals surface area contributed by atoms with Gasteiger partial charge in [0.25, 0.3) is 0 Å². The van der Waals surface area contributed by atoms with E-state index in [1.807, 2.05) is 12.1 Å². The molecule has 0 saturated heterocycles. The summed E-state index contributed by atoms with van der Waals surface area (Å²) >= 11 is 0. The molecule has 11 heteroatoms. The first-order valence-electron chi connectivity index (χ1n) is 11.1. The quantitative estimate of drug-likeness (QED) is 0.321. The van der Waals surface area contributed by atoms with Gasteiger partial charge >= 0.3 is 11.9 Å². The Morgan fingerprint density at radius 3 is 1.38 bits per heavy atom. The van der Waals surface area contributed by atoms with Crippen LogP contribution in [-0.2, 0) is 0 Å². The van der Waals surface area contributed by atoms with Gasteiger partial charge in [-0.05, 0) is 83.2 Å². The second-order valence-corrected chi connectivity index (χ2v) is 7.81. The summed E-state index contributed by atoms with van der Waals surface area (Å²) in [6.45, 7) is 0. The van der Waals surface area contributed by atoms with Crippen LogP contribution in [0.4, 0.5) is 0 Å². The summed E-state index contributed by atoms with van der Waals surface area (Å²) in [6.07, 6.45) is 0. The highest BCUT2D eigenvalue weighted by molar-refractivity contribution is 5.91. The fraction of sp³-hybridized carbons (Fsp3) is 0. The minimum atomic E-state index is -0.592. The number of para-hydroxylation sites is 2. The maximum absolute atomic E-state index is 12.5. The van der Waals surface area contributed by atoms with E-state index in [0.29, 0.717) is 44.7 Å². The summed E-state index contributed by atoms with van der Waals surface area (Å²) < 4.78 is 5.82. The van der Waals surface area contributed by atoms with Crippen molar-refractivity contribution in [1.29, 1.82) is 0 Å². The molecule has 0 radical (unpaired) electrons. The average molecular weight is 492 g/mol. The number of benzene rings is 4. The molecule has 2 aromatic heterocycles. The van der Waals surface area contributed by atoms with E-state index < -0.39 is 11.9 Å². The fourth-order valence-electron chi connectivity index (χ4n) is 3.55. The Labute approximate surface area is 208 Å². The number of nitrogens with zero attached hydrogens (tertiary/aromatic N) is 6. The first-order chi connectivity index (χ1) is 18.1. The average Bonchev–Trinajstić information content (AvgIpc) is 3.54. The Morgan fingerprint density at radius 2 is 0.946 bits per heavy atom. The van der Waals surface area contributed by atoms with Gasteiger partial charge in [0.1, 0.15) is 33.6 Å². The van der Waals surface area contributed by atoms with Crippen molar-refractivity contribution in [3.05, 3.63) is 108 Å². The zero-order chi connectivity index (χ0) is 25.2. The number of carbonyl (C=O) groups is 2. The van der Waals surface area contributed by atoms with Crippen LogP contribution >= 0.6 is 0 Å². The van der Waals surface area contributed by atoms with Crippen molar-refractivity contribution >= 4 is 34.0 Å². The van der Waals surface area contributed by atoms with Crippen molar-refractivity contribution in [2.75, 3.05) is 0 Å². The highest BCUT2D eigenvalue weighted by atomic mass is 16.7. The maximum atomic E-state index is 12.5. The van der Waals surface area contributed by atoms with Gasteiger partial charge in [-0.25, -0.2) is 9.59 Å². The third-order valence-electron chi connectivity index (χ3n) is 5.40. The fourth-order valence-corrected chi connectivity index (χ4v) is 3.55. The van der Waals surface area contributed by atoms with Crippen LogP contribution in [0.2, 0.25) is 0 Å². The summed E-state index contributed by atoms with van der Waals surface area (Å²) in [5.74, 6) is -0.199. The van der Waals surface area contributed by atoms with Gasteiger partial charge < -0.3 is 14.4 Å². The molecule has 0 bridgehead atoms. The number of fused-ring (bicyclic) bond motifs is 2. The predicted octanol–water partition coefficient (Wildman–Crippen LogP) is 3.51. The van der Waals surface area contributed by atoms with E-state index in [-0.39, 0.29) is 0 Å². The van der Waals surface area contributed by atoms with Crippen LogP contribution in [0.3, 0.4) is 0 Å². The Bertz CT molecular complexity index is 1610. The van der Waals surface area contributed by atoms with Crippen molar-refractivity contribution in [2.24, 2.45) is 0 Å². The van der Waals surface area contributed by atoms with Crippen molar-refractivity contribution in [1.82, 2.24) is 30.3 Å². The Morgan fingerprint density at radius 1 is 0.541 bits per heavy atom. The number of rotatable bonds is 6. The summed E-state index contributed by atoms with van der Waals surface area (Å²) in [4.78, 5) is 37.8. The monoisotopic (exact) mass is 492 g/mol. The minimum Gasteiger partial charge on any atom is -0.457 e. The van der Waals surface area contributed by atoms with Gasteiger partial charge in [0.15, 0.2) is 0 Å². The zero-order valence-corrected chi connectivity index (χ0v) is 19.0. The van der Waals surface area contributed by atoms with E-state index in [4.69, 9.17) is 14.4 Å². The Kier molecular flexibility index (Phi) is 5.47. The lowest BCUT2D eigenvalue weighted by Gasteiger charge is -2.08. The number of hydrogen-bond acceptors (Lipinski definition) is 9. The second-order valence-electron chi connectivity index (χ2n) is 7.81. The van der Waals surface area contributed by atoms with E-state index in [1.165, 1.54) is 0 Å². The van der Waals surface area contributed by atoms with Gasteiger partial charge in [0, 0.05) is 0 Å². The summed E-state index contributed by atoms with van der Waals surface area (Å²) in [5.41, 5.74) is 3.02. The van der Waals surface area contributed by atoms with Crippen LogP contribution in [0, 0.1) is 0 Å². The molecule has 6 aromatic rings. The normalized spacial score (nSPS) is 10.9. The second kappa shape index (κ2) is 9.23. The lowest BCUT2D eigenvalue weighted by atomic mass is 10.2. The molecule has 0 spiro atoms. The molecule has 11 nitrogen and oxygen atoms in total. The van der Waals surface area contributed by atoms with Gasteiger partial charge in [-0.15, -0.1) is 10.2 Å². The molecule has 0 N–H and O–H groups in total. The van der Waals surface area contributed by atoms with E-state index in [0.717, 1.165) is 9.69 Å². The first-order valence-corrected chi connectivity index (χ1v) is 11.1. The lowest BCUT2D eigenvalue weighted by molar-refractivity contribution is 0.0400. The molecule has 0 amide bonds. The van der Waals surface area contributed by atoms with Crippen LogP contribution in [0.5, 0.6) is 11.5 Å². The molecule has 2 heterocycles. The van der Waals surface area contributed by atoms with Crippen molar-refractivity contribution in [3.63, 3.8) is 0 Å². The van der Waals surface area contributed by atoms with Gasteiger partial charge in [0.05, 0.1) is 11.1 Å². The topological polar surface area (TPSA) is 123 Å². The van der Waals surface area contributed by atoms with Crippen molar-refractivity contribution in [2.45, 2.75) is 0 Å². The van der Waals surface area contributed by atoms with Gasteiger partial charge in [-0.3, -0.25) is 0 Å². The molecule has 0 aliphatic carbocycles. The minimum absolute atomic E-state index is 0.311.